The molecule has 0 unspecified atom stereocenters. The van der Waals surface area contributed by atoms with Crippen LogP contribution in [-0.2, 0) is 4.79 Å². The van der Waals surface area contributed by atoms with E-state index in [-0.39, 0.29) is 11.8 Å². The predicted molar refractivity (Wildman–Crippen MR) is 98.8 cm³/mol. The number of rotatable bonds is 7. The Morgan fingerprint density at radius 2 is 1.75 bits per heavy atom. The van der Waals surface area contributed by atoms with Crippen molar-refractivity contribution in [3.05, 3.63) is 35.3 Å². The quantitative estimate of drug-likeness (QED) is 0.712. The van der Waals surface area contributed by atoms with E-state index in [9.17, 15) is 9.59 Å². The molecule has 2 aromatic rings. The number of amides is 2. The Morgan fingerprint density at radius 3 is 2.33 bits per heavy atom. The van der Waals surface area contributed by atoms with E-state index >= 15 is 0 Å². The van der Waals surface area contributed by atoms with E-state index in [1.807, 2.05) is 0 Å². The molecule has 0 radical (unpaired) electrons. The minimum atomic E-state index is -0.254. The van der Waals surface area contributed by atoms with Crippen molar-refractivity contribution in [3.8, 4) is 0 Å². The molecule has 3 N–H and O–H groups in total. The molecule has 0 aliphatic rings. The molecule has 1 aromatic heterocycles. The third-order valence-electron chi connectivity index (χ3n) is 3.20. The molecule has 1 aromatic carbocycles. The second kappa shape index (κ2) is 8.44. The molecule has 0 bridgehead atoms. The topological polar surface area (TPSA) is 83.1 Å². The van der Waals surface area contributed by atoms with Gasteiger partial charge in [-0.15, -0.1) is 11.3 Å². The Morgan fingerprint density at radius 1 is 1.12 bits per heavy atom. The summed E-state index contributed by atoms with van der Waals surface area (Å²) >= 11 is 1.42. The van der Waals surface area contributed by atoms with Crippen molar-refractivity contribution in [2.75, 3.05) is 22.5 Å². The lowest BCUT2D eigenvalue weighted by molar-refractivity contribution is -0.114. The van der Waals surface area contributed by atoms with Crippen LogP contribution >= 0.6 is 11.3 Å². The highest BCUT2D eigenvalue weighted by molar-refractivity contribution is 7.13. The van der Waals surface area contributed by atoms with Gasteiger partial charge in [0.2, 0.25) is 5.91 Å². The van der Waals surface area contributed by atoms with E-state index in [2.05, 4.69) is 34.8 Å². The van der Waals surface area contributed by atoms with E-state index in [1.165, 1.54) is 18.3 Å². The van der Waals surface area contributed by atoms with Crippen molar-refractivity contribution >= 4 is 39.7 Å². The van der Waals surface area contributed by atoms with Crippen LogP contribution in [-0.4, -0.2) is 23.3 Å². The molecule has 1 heterocycles. The number of benzene rings is 1. The van der Waals surface area contributed by atoms with E-state index in [4.69, 9.17) is 0 Å². The molecule has 0 spiro atoms. The Kier molecular flexibility index (Phi) is 6.31. The lowest BCUT2D eigenvalue weighted by atomic mass is 10.1. The van der Waals surface area contributed by atoms with Gasteiger partial charge in [0.15, 0.2) is 5.13 Å². The van der Waals surface area contributed by atoms with Crippen LogP contribution in [0.15, 0.2) is 29.6 Å². The summed E-state index contributed by atoms with van der Waals surface area (Å²) in [5.74, 6) is 0.239. The number of carbonyl (C=O) groups excluding carboxylic acids is 2. The van der Waals surface area contributed by atoms with Crippen LogP contribution in [0.5, 0.6) is 0 Å². The maximum Gasteiger partial charge on any atom is 0.275 e. The summed E-state index contributed by atoms with van der Waals surface area (Å²) in [6, 6.07) is 6.93. The molecule has 6 nitrogen and oxygen atoms in total. The van der Waals surface area contributed by atoms with Crippen LogP contribution in [0.3, 0.4) is 0 Å². The maximum atomic E-state index is 12.2. The molecule has 0 aliphatic heterocycles. The first-order valence-electron chi connectivity index (χ1n) is 7.82. The second-order valence-electron chi connectivity index (χ2n) is 5.86. The van der Waals surface area contributed by atoms with Crippen molar-refractivity contribution < 1.29 is 9.59 Å². The molecular formula is C17H22N4O2S. The first-order chi connectivity index (χ1) is 11.4. The third-order valence-corrected chi connectivity index (χ3v) is 4.00. The summed E-state index contributed by atoms with van der Waals surface area (Å²) in [5.41, 5.74) is 1.72. The Labute approximate surface area is 145 Å². The normalized spacial score (nSPS) is 10.5. The van der Waals surface area contributed by atoms with Crippen molar-refractivity contribution in [1.82, 2.24) is 4.98 Å². The van der Waals surface area contributed by atoms with Gasteiger partial charge in [0.25, 0.3) is 5.91 Å². The van der Waals surface area contributed by atoms with Crippen LogP contribution in [0.2, 0.25) is 0 Å². The largest absolute Gasteiger partial charge is 0.361 e. The van der Waals surface area contributed by atoms with Gasteiger partial charge in [0, 0.05) is 30.2 Å². The van der Waals surface area contributed by atoms with Crippen LogP contribution < -0.4 is 16.0 Å². The summed E-state index contributed by atoms with van der Waals surface area (Å²) in [5, 5.41) is 11.2. The number of nitrogens with zero attached hydrogens (tertiary/aromatic N) is 1. The fraction of sp³-hybridized carbons (Fsp3) is 0.353. The molecule has 0 fully saturated rings. The highest BCUT2D eigenvalue weighted by Crippen LogP contribution is 2.18. The van der Waals surface area contributed by atoms with Crippen molar-refractivity contribution in [2.24, 2.45) is 5.92 Å². The SMILES string of the molecule is CC(=O)Nc1ccc(NC(=O)c2csc(NCCC(C)C)n2)cc1. The summed E-state index contributed by atoms with van der Waals surface area (Å²) in [7, 11) is 0. The van der Waals surface area contributed by atoms with Crippen molar-refractivity contribution in [3.63, 3.8) is 0 Å². The zero-order chi connectivity index (χ0) is 17.5. The average molecular weight is 346 g/mol. The van der Waals surface area contributed by atoms with Gasteiger partial charge in [-0.25, -0.2) is 4.98 Å². The van der Waals surface area contributed by atoms with Gasteiger partial charge in [-0.2, -0.15) is 0 Å². The molecule has 2 rings (SSSR count). The molecule has 0 atom stereocenters. The van der Waals surface area contributed by atoms with Gasteiger partial charge < -0.3 is 16.0 Å². The van der Waals surface area contributed by atoms with Crippen LogP contribution in [0.25, 0.3) is 0 Å². The summed E-state index contributed by atoms with van der Waals surface area (Å²) in [6.45, 7) is 6.63. The van der Waals surface area contributed by atoms with Crippen molar-refractivity contribution in [1.29, 1.82) is 0 Å². The van der Waals surface area contributed by atoms with Gasteiger partial charge in [0.05, 0.1) is 0 Å². The standard InChI is InChI=1S/C17H22N4O2S/c1-11(2)8-9-18-17-21-15(10-24-17)16(23)20-14-6-4-13(5-7-14)19-12(3)22/h4-7,10-11H,8-9H2,1-3H3,(H,18,21)(H,19,22)(H,20,23). The zero-order valence-corrected chi connectivity index (χ0v) is 14.9. The number of thiazole rings is 1. The molecule has 128 valence electrons. The Balaban J connectivity index is 1.90. The van der Waals surface area contributed by atoms with Gasteiger partial charge in [-0.3, -0.25) is 9.59 Å². The number of hydrogen-bond donors (Lipinski definition) is 3. The molecule has 0 saturated heterocycles. The number of aromatic nitrogens is 1. The van der Waals surface area contributed by atoms with Gasteiger partial charge in [0.1, 0.15) is 5.69 Å². The smallest absolute Gasteiger partial charge is 0.275 e. The predicted octanol–water partition coefficient (Wildman–Crippen LogP) is 3.81. The van der Waals surface area contributed by atoms with E-state index < -0.39 is 0 Å². The van der Waals surface area contributed by atoms with Crippen LogP contribution in [0.1, 0.15) is 37.7 Å². The fourth-order valence-corrected chi connectivity index (χ4v) is 2.68. The number of hydrogen-bond acceptors (Lipinski definition) is 5. The van der Waals surface area contributed by atoms with Crippen molar-refractivity contribution in [2.45, 2.75) is 27.2 Å². The molecule has 0 aliphatic carbocycles. The molecule has 24 heavy (non-hydrogen) atoms. The van der Waals surface area contributed by atoms with Crippen LogP contribution in [0.4, 0.5) is 16.5 Å². The van der Waals surface area contributed by atoms with E-state index in [0.717, 1.165) is 18.1 Å². The number of nitrogens with one attached hydrogen (secondary N) is 3. The molecule has 7 heteroatoms. The van der Waals surface area contributed by atoms with E-state index in [1.54, 1.807) is 29.6 Å². The first kappa shape index (κ1) is 17.9. The molecular weight excluding hydrogens is 324 g/mol. The highest BCUT2D eigenvalue weighted by Gasteiger charge is 2.11. The monoisotopic (exact) mass is 346 g/mol. The van der Waals surface area contributed by atoms with Crippen LogP contribution in [0, 0.1) is 5.92 Å². The number of anilines is 3. The van der Waals surface area contributed by atoms with Gasteiger partial charge in [-0.05, 0) is 36.6 Å². The minimum absolute atomic E-state index is 0.133. The molecule has 0 saturated carbocycles. The van der Waals surface area contributed by atoms with Gasteiger partial charge in [-0.1, -0.05) is 13.8 Å². The lowest BCUT2D eigenvalue weighted by Gasteiger charge is -2.06. The maximum absolute atomic E-state index is 12.2. The third kappa shape index (κ3) is 5.66. The van der Waals surface area contributed by atoms with E-state index in [0.29, 0.717) is 23.0 Å². The fourth-order valence-electron chi connectivity index (χ4n) is 1.96. The minimum Gasteiger partial charge on any atom is -0.361 e. The van der Waals surface area contributed by atoms with Gasteiger partial charge >= 0.3 is 0 Å². The average Bonchev–Trinajstić information content (AvgIpc) is 2.97. The second-order valence-corrected chi connectivity index (χ2v) is 6.72. The zero-order valence-electron chi connectivity index (χ0n) is 14.1. The Bertz CT molecular complexity index is 695. The summed E-state index contributed by atoms with van der Waals surface area (Å²) in [6.07, 6.45) is 1.06. The lowest BCUT2D eigenvalue weighted by Crippen LogP contribution is -2.13. The first-order valence-corrected chi connectivity index (χ1v) is 8.70. The molecule has 2 amide bonds. The summed E-state index contributed by atoms with van der Waals surface area (Å²) < 4.78 is 0. The highest BCUT2D eigenvalue weighted by atomic mass is 32.1. The number of carbonyl (C=O) groups is 2. The summed E-state index contributed by atoms with van der Waals surface area (Å²) in [4.78, 5) is 27.5. The Hall–Kier alpha value is -2.41.